The van der Waals surface area contributed by atoms with Crippen molar-refractivity contribution in [3.8, 4) is 5.75 Å². The lowest BCUT2D eigenvalue weighted by atomic mass is 10.2. The molecule has 1 rings (SSSR count). The number of alkyl halides is 2. The predicted molar refractivity (Wildman–Crippen MR) is 106 cm³/mol. The Kier molecular flexibility index (Phi) is 11.3. The van der Waals surface area contributed by atoms with Gasteiger partial charge in [0, 0.05) is 36.5 Å². The van der Waals surface area contributed by atoms with Crippen molar-refractivity contribution in [3.63, 3.8) is 0 Å². The Morgan fingerprint density at radius 2 is 2.04 bits per heavy atom. The van der Waals surface area contributed by atoms with Gasteiger partial charge in [-0.05, 0) is 18.2 Å². The maximum absolute atomic E-state index is 12.4. The number of benzene rings is 1. The molecule has 0 bridgehead atoms. The Hall–Kier alpha value is -0.880. The highest BCUT2D eigenvalue weighted by atomic mass is 127. The molecule has 6 nitrogen and oxygen atoms in total. The number of guanidine groups is 1. The zero-order valence-electron chi connectivity index (χ0n) is 13.8. The Bertz CT molecular complexity index is 675. The van der Waals surface area contributed by atoms with Gasteiger partial charge in [0.05, 0.1) is 5.75 Å². The van der Waals surface area contributed by atoms with Crippen molar-refractivity contribution in [2.75, 3.05) is 25.1 Å². The van der Waals surface area contributed by atoms with Crippen molar-refractivity contribution < 1.29 is 21.9 Å². The van der Waals surface area contributed by atoms with Gasteiger partial charge in [-0.1, -0.05) is 18.5 Å². The van der Waals surface area contributed by atoms with Crippen molar-refractivity contribution >= 4 is 51.4 Å². The van der Waals surface area contributed by atoms with E-state index in [1.165, 1.54) is 25.2 Å². The van der Waals surface area contributed by atoms with Crippen LogP contribution in [0, 0.1) is 0 Å². The number of hydrogen-bond acceptors (Lipinski definition) is 4. The normalized spacial score (nSPS) is 11.8. The fourth-order valence-corrected chi connectivity index (χ4v) is 2.66. The Morgan fingerprint density at radius 1 is 1.36 bits per heavy atom. The van der Waals surface area contributed by atoms with E-state index in [0.717, 1.165) is 0 Å². The van der Waals surface area contributed by atoms with Crippen LogP contribution in [0.2, 0.25) is 5.02 Å². The number of nitrogens with zero attached hydrogens (tertiary/aromatic N) is 1. The summed E-state index contributed by atoms with van der Waals surface area (Å²) < 4.78 is 52.1. The first-order valence-corrected chi connectivity index (χ1v) is 9.35. The average molecular weight is 512 g/mol. The molecule has 1 aromatic rings. The van der Waals surface area contributed by atoms with Crippen LogP contribution in [0.3, 0.4) is 0 Å². The quantitative estimate of drug-likeness (QED) is 0.319. The summed E-state index contributed by atoms with van der Waals surface area (Å²) in [5, 5.41) is 6.11. The fraction of sp³-hybridized carbons (Fsp3) is 0.500. The van der Waals surface area contributed by atoms with E-state index in [4.69, 9.17) is 11.6 Å². The summed E-state index contributed by atoms with van der Waals surface area (Å²) in [4.78, 5) is 3.94. The summed E-state index contributed by atoms with van der Waals surface area (Å²) in [6, 6.07) is 4.31. The van der Waals surface area contributed by atoms with E-state index in [9.17, 15) is 17.2 Å². The van der Waals surface area contributed by atoms with Crippen LogP contribution < -0.4 is 15.4 Å². The zero-order chi connectivity index (χ0) is 18.2. The minimum absolute atomic E-state index is 0. The third kappa shape index (κ3) is 9.40. The first-order chi connectivity index (χ1) is 11.3. The summed E-state index contributed by atoms with van der Waals surface area (Å²) >= 11 is 5.87. The molecule has 1 aromatic carbocycles. The van der Waals surface area contributed by atoms with E-state index >= 15 is 0 Å². The number of aliphatic imine (C=N–C) groups is 1. The second-order valence-electron chi connectivity index (χ2n) is 4.72. The van der Waals surface area contributed by atoms with Crippen LogP contribution in [-0.4, -0.2) is 46.1 Å². The second-order valence-corrected chi connectivity index (χ2v) is 7.63. The van der Waals surface area contributed by atoms with E-state index < -0.39 is 16.4 Å². The van der Waals surface area contributed by atoms with Crippen molar-refractivity contribution in [1.82, 2.24) is 10.6 Å². The molecule has 0 aliphatic heterocycles. The minimum Gasteiger partial charge on any atom is -0.434 e. The van der Waals surface area contributed by atoms with Crippen molar-refractivity contribution in [2.24, 2.45) is 4.99 Å². The molecule has 0 heterocycles. The summed E-state index contributed by atoms with van der Waals surface area (Å²) in [5.74, 6) is 0.383. The monoisotopic (exact) mass is 511 g/mol. The highest BCUT2D eigenvalue weighted by Gasteiger charge is 2.11. The molecule has 0 saturated carbocycles. The molecule has 0 radical (unpaired) electrons. The largest absolute Gasteiger partial charge is 0.434 e. The fourth-order valence-electron chi connectivity index (χ4n) is 1.77. The standard InChI is InChI=1S/C14H20ClF2N3O3S.HI/c1-3-24(21,22)7-6-19-14(18-2)20-9-10-8-11(15)4-5-12(10)23-13(16)17;/h4-5,8,13H,3,6-7,9H2,1-2H3,(H2,18,19,20);1H. The van der Waals surface area contributed by atoms with E-state index in [1.807, 2.05) is 0 Å². The maximum Gasteiger partial charge on any atom is 0.387 e. The molecule has 0 amide bonds. The van der Waals surface area contributed by atoms with Crippen LogP contribution in [-0.2, 0) is 16.4 Å². The highest BCUT2D eigenvalue weighted by Crippen LogP contribution is 2.24. The molecule has 0 aliphatic rings. The predicted octanol–water partition coefficient (Wildman–Crippen LogP) is 2.66. The van der Waals surface area contributed by atoms with Crippen molar-refractivity contribution in [3.05, 3.63) is 28.8 Å². The number of hydrogen-bond donors (Lipinski definition) is 2. The summed E-state index contributed by atoms with van der Waals surface area (Å²) in [6.07, 6.45) is 0. The topological polar surface area (TPSA) is 79.8 Å². The van der Waals surface area contributed by atoms with Gasteiger partial charge >= 0.3 is 6.61 Å². The Balaban J connectivity index is 0.00000576. The van der Waals surface area contributed by atoms with E-state index in [-0.39, 0.29) is 54.3 Å². The molecule has 144 valence electrons. The van der Waals surface area contributed by atoms with Crippen LogP contribution in [0.25, 0.3) is 0 Å². The second kappa shape index (κ2) is 11.7. The van der Waals surface area contributed by atoms with Gasteiger partial charge in [-0.15, -0.1) is 24.0 Å². The molecule has 25 heavy (non-hydrogen) atoms. The lowest BCUT2D eigenvalue weighted by Crippen LogP contribution is -2.39. The van der Waals surface area contributed by atoms with Gasteiger partial charge in [0.25, 0.3) is 0 Å². The van der Waals surface area contributed by atoms with Crippen LogP contribution in [0.5, 0.6) is 5.75 Å². The average Bonchev–Trinajstić information content (AvgIpc) is 2.52. The van der Waals surface area contributed by atoms with Gasteiger partial charge < -0.3 is 15.4 Å². The van der Waals surface area contributed by atoms with Crippen LogP contribution >= 0.6 is 35.6 Å². The molecule has 0 fully saturated rings. The van der Waals surface area contributed by atoms with E-state index in [2.05, 4.69) is 20.4 Å². The smallest absolute Gasteiger partial charge is 0.387 e. The van der Waals surface area contributed by atoms with Gasteiger partial charge in [0.2, 0.25) is 0 Å². The van der Waals surface area contributed by atoms with Crippen molar-refractivity contribution in [1.29, 1.82) is 0 Å². The highest BCUT2D eigenvalue weighted by molar-refractivity contribution is 14.0. The molecular formula is C14H21ClF2IN3O3S. The summed E-state index contributed by atoms with van der Waals surface area (Å²) in [5.41, 5.74) is 0.423. The van der Waals surface area contributed by atoms with Gasteiger partial charge in [0.15, 0.2) is 15.8 Å². The van der Waals surface area contributed by atoms with Gasteiger partial charge in [-0.3, -0.25) is 4.99 Å². The molecule has 0 unspecified atom stereocenters. The van der Waals surface area contributed by atoms with Gasteiger partial charge in [0.1, 0.15) is 5.75 Å². The lowest BCUT2D eigenvalue weighted by Gasteiger charge is -2.15. The maximum atomic E-state index is 12.4. The van der Waals surface area contributed by atoms with Gasteiger partial charge in [-0.25, -0.2) is 8.42 Å². The molecule has 0 aliphatic carbocycles. The molecule has 0 aromatic heterocycles. The number of sulfone groups is 1. The van der Waals surface area contributed by atoms with E-state index in [0.29, 0.717) is 16.5 Å². The van der Waals surface area contributed by atoms with Crippen LogP contribution in [0.15, 0.2) is 23.2 Å². The lowest BCUT2D eigenvalue weighted by molar-refractivity contribution is -0.0504. The van der Waals surface area contributed by atoms with E-state index in [1.54, 1.807) is 6.92 Å². The van der Waals surface area contributed by atoms with Crippen LogP contribution in [0.1, 0.15) is 12.5 Å². The summed E-state index contributed by atoms with van der Waals surface area (Å²) in [7, 11) is -1.57. The first kappa shape index (κ1) is 24.1. The summed E-state index contributed by atoms with van der Waals surface area (Å²) in [6.45, 7) is -1.05. The number of nitrogens with one attached hydrogen (secondary N) is 2. The number of rotatable bonds is 8. The van der Waals surface area contributed by atoms with Crippen molar-refractivity contribution in [2.45, 2.75) is 20.1 Å². The molecule has 2 N–H and O–H groups in total. The number of halogens is 4. The first-order valence-electron chi connectivity index (χ1n) is 7.15. The molecule has 0 spiro atoms. The minimum atomic E-state index is -3.08. The zero-order valence-corrected chi connectivity index (χ0v) is 17.7. The van der Waals surface area contributed by atoms with Gasteiger partial charge in [-0.2, -0.15) is 8.78 Å². The third-order valence-corrected chi connectivity index (χ3v) is 4.99. The van der Waals surface area contributed by atoms with Crippen LogP contribution in [0.4, 0.5) is 8.78 Å². The number of ether oxygens (including phenoxy) is 1. The Morgan fingerprint density at radius 3 is 2.60 bits per heavy atom. The molecule has 0 saturated heterocycles. The third-order valence-electron chi connectivity index (χ3n) is 3.05. The Labute approximate surface area is 168 Å². The molecule has 11 heteroatoms. The SMILES string of the molecule is CCS(=O)(=O)CCNC(=NC)NCc1cc(Cl)ccc1OC(F)F.I. The molecule has 0 atom stereocenters. The molecular weight excluding hydrogens is 491 g/mol.